The lowest BCUT2D eigenvalue weighted by atomic mass is 9.98. The van der Waals surface area contributed by atoms with Crippen LogP contribution in [0, 0.1) is 0 Å². The van der Waals surface area contributed by atoms with Gasteiger partial charge in [0.2, 0.25) is 5.91 Å². The highest BCUT2D eigenvalue weighted by Gasteiger charge is 2.31. The van der Waals surface area contributed by atoms with E-state index < -0.39 is 36.3 Å². The minimum Gasteiger partial charge on any atom is -0.480 e. The topological polar surface area (TPSA) is 149 Å². The number of hydrogen-bond donors (Lipinski definition) is 3. The predicted octanol–water partition coefficient (Wildman–Crippen LogP) is 3.25. The average Bonchev–Trinajstić information content (AvgIpc) is 3.23. The third-order valence-corrected chi connectivity index (χ3v) is 6.15. The van der Waals surface area contributed by atoms with Crippen molar-refractivity contribution in [3.8, 4) is 11.1 Å². The largest absolute Gasteiger partial charge is 0.480 e. The van der Waals surface area contributed by atoms with Gasteiger partial charge in [-0.3, -0.25) is 4.79 Å². The summed E-state index contributed by atoms with van der Waals surface area (Å²) in [6.07, 6.45) is -0.814. The second-order valence-corrected chi connectivity index (χ2v) is 10.5. The van der Waals surface area contributed by atoms with Crippen molar-refractivity contribution in [1.82, 2.24) is 10.6 Å². The number of carboxylic acids is 1. The summed E-state index contributed by atoms with van der Waals surface area (Å²) in [5.41, 5.74) is 3.56. The van der Waals surface area contributed by atoms with Crippen LogP contribution in [0.5, 0.6) is 0 Å². The van der Waals surface area contributed by atoms with Gasteiger partial charge in [0.15, 0.2) is 0 Å². The van der Waals surface area contributed by atoms with Crippen molar-refractivity contribution in [1.29, 1.82) is 0 Å². The van der Waals surface area contributed by atoms with Crippen molar-refractivity contribution in [3.05, 3.63) is 59.7 Å². The minimum absolute atomic E-state index is 0.00876. The van der Waals surface area contributed by atoms with Gasteiger partial charge in [-0.2, -0.15) is 0 Å². The van der Waals surface area contributed by atoms with Gasteiger partial charge in [0, 0.05) is 18.9 Å². The molecule has 11 nitrogen and oxygen atoms in total. The normalized spacial score (nSPS) is 13.0. The van der Waals surface area contributed by atoms with Gasteiger partial charge < -0.3 is 34.7 Å². The first-order valence-electron chi connectivity index (χ1n) is 13.5. The highest BCUT2D eigenvalue weighted by molar-refractivity contribution is 5.83. The molecule has 3 rings (SSSR count). The number of aliphatic carboxylic acids is 1. The zero-order valence-corrected chi connectivity index (χ0v) is 23.6. The van der Waals surface area contributed by atoms with E-state index in [-0.39, 0.29) is 57.6 Å². The van der Waals surface area contributed by atoms with Crippen molar-refractivity contribution in [2.75, 3.05) is 39.6 Å². The first-order valence-corrected chi connectivity index (χ1v) is 13.5. The first kappa shape index (κ1) is 31.6. The van der Waals surface area contributed by atoms with Gasteiger partial charge in [-0.15, -0.1) is 0 Å². The molecule has 2 aromatic rings. The minimum atomic E-state index is -1.08. The molecule has 0 aromatic heterocycles. The van der Waals surface area contributed by atoms with Gasteiger partial charge in [-0.25, -0.2) is 14.4 Å². The SMILES string of the molecule is CC(C)(C)OC(=O)C(CCC(=O)NCCOCCOCC(=O)O)NC(=O)OCC1c2ccccc2-c2ccccc21. The summed E-state index contributed by atoms with van der Waals surface area (Å²) in [7, 11) is 0. The van der Waals surface area contributed by atoms with Crippen LogP contribution < -0.4 is 10.6 Å². The van der Waals surface area contributed by atoms with Crippen LogP contribution in [0.2, 0.25) is 0 Å². The molecular formula is C30H38N2O9. The van der Waals surface area contributed by atoms with Crippen molar-refractivity contribution >= 4 is 23.9 Å². The number of carbonyl (C=O) groups excluding carboxylic acids is 3. The molecule has 2 amide bonds. The maximum atomic E-state index is 12.8. The molecule has 0 aliphatic heterocycles. The molecule has 0 fully saturated rings. The Hall–Kier alpha value is -3.96. The van der Waals surface area contributed by atoms with Gasteiger partial charge in [0.1, 0.15) is 24.9 Å². The number of ether oxygens (including phenoxy) is 4. The molecule has 0 saturated carbocycles. The van der Waals surface area contributed by atoms with E-state index in [2.05, 4.69) is 10.6 Å². The molecule has 1 aliphatic rings. The lowest BCUT2D eigenvalue weighted by molar-refractivity contribution is -0.157. The smallest absolute Gasteiger partial charge is 0.407 e. The summed E-state index contributed by atoms with van der Waals surface area (Å²) < 4.78 is 21.1. The molecule has 0 bridgehead atoms. The fraction of sp³-hybridized carbons (Fsp3) is 0.467. The number of rotatable bonds is 15. The lowest BCUT2D eigenvalue weighted by Gasteiger charge is -2.24. The molecular weight excluding hydrogens is 532 g/mol. The van der Waals surface area contributed by atoms with Gasteiger partial charge in [0.25, 0.3) is 0 Å². The molecule has 1 atom stereocenters. The van der Waals surface area contributed by atoms with Crippen molar-refractivity contribution in [2.45, 2.75) is 51.2 Å². The van der Waals surface area contributed by atoms with Crippen LogP contribution >= 0.6 is 0 Å². The highest BCUT2D eigenvalue weighted by Crippen LogP contribution is 2.44. The molecule has 2 aromatic carbocycles. The van der Waals surface area contributed by atoms with E-state index >= 15 is 0 Å². The van der Waals surface area contributed by atoms with Crippen LogP contribution in [-0.4, -0.2) is 80.3 Å². The summed E-state index contributed by atoms with van der Waals surface area (Å²) in [5, 5.41) is 13.8. The number of amides is 2. The third kappa shape index (κ3) is 10.2. The van der Waals surface area contributed by atoms with Gasteiger partial charge in [-0.05, 0) is 49.4 Å². The Balaban J connectivity index is 1.49. The number of alkyl carbamates (subject to hydrolysis) is 1. The van der Waals surface area contributed by atoms with Crippen LogP contribution in [0.3, 0.4) is 0 Å². The molecule has 3 N–H and O–H groups in total. The second-order valence-electron chi connectivity index (χ2n) is 10.5. The number of esters is 1. The predicted molar refractivity (Wildman–Crippen MR) is 149 cm³/mol. The summed E-state index contributed by atoms with van der Waals surface area (Å²) >= 11 is 0. The van der Waals surface area contributed by atoms with Gasteiger partial charge in [-0.1, -0.05) is 48.5 Å². The summed E-state index contributed by atoms with van der Waals surface area (Å²) in [6.45, 7) is 5.57. The summed E-state index contributed by atoms with van der Waals surface area (Å²) in [5.74, 6) is -2.19. The van der Waals surface area contributed by atoms with Crippen LogP contribution in [0.25, 0.3) is 11.1 Å². The van der Waals surface area contributed by atoms with Crippen LogP contribution in [0.1, 0.15) is 50.7 Å². The zero-order chi connectivity index (χ0) is 29.8. The highest BCUT2D eigenvalue weighted by atomic mass is 16.6. The summed E-state index contributed by atoms with van der Waals surface area (Å²) in [4.78, 5) is 48.3. The molecule has 0 heterocycles. The molecule has 11 heteroatoms. The fourth-order valence-corrected chi connectivity index (χ4v) is 4.41. The Morgan fingerprint density at radius 3 is 2.12 bits per heavy atom. The van der Waals surface area contributed by atoms with E-state index in [1.807, 2.05) is 48.5 Å². The lowest BCUT2D eigenvalue weighted by Crippen LogP contribution is -2.45. The number of hydrogen-bond acceptors (Lipinski definition) is 8. The monoisotopic (exact) mass is 570 g/mol. The van der Waals surface area contributed by atoms with E-state index in [1.54, 1.807) is 20.8 Å². The Bertz CT molecular complexity index is 1160. The van der Waals surface area contributed by atoms with Gasteiger partial charge >= 0.3 is 18.0 Å². The number of carboxylic acid groups (broad SMARTS) is 1. The average molecular weight is 571 g/mol. The van der Waals surface area contributed by atoms with Crippen molar-refractivity contribution in [3.63, 3.8) is 0 Å². The number of fused-ring (bicyclic) bond motifs is 3. The van der Waals surface area contributed by atoms with Gasteiger partial charge in [0.05, 0.1) is 19.8 Å². The standard InChI is InChI=1S/C30H38N2O9/c1-30(2,3)41-28(36)25(12-13-26(33)31-14-15-38-16-17-39-19-27(34)35)32-29(37)40-18-24-22-10-6-4-8-20(22)21-9-5-7-11-23(21)24/h4-11,24-25H,12-19H2,1-3H3,(H,31,33)(H,32,37)(H,34,35). The quantitative estimate of drug-likeness (QED) is 0.217. The van der Waals surface area contributed by atoms with Crippen LogP contribution in [0.15, 0.2) is 48.5 Å². The molecule has 0 spiro atoms. The van der Waals surface area contributed by atoms with E-state index in [0.29, 0.717) is 0 Å². The van der Waals surface area contributed by atoms with E-state index in [4.69, 9.17) is 24.1 Å². The molecule has 222 valence electrons. The van der Waals surface area contributed by atoms with Crippen molar-refractivity contribution in [2.24, 2.45) is 0 Å². The molecule has 1 aliphatic carbocycles. The Morgan fingerprint density at radius 1 is 0.902 bits per heavy atom. The van der Waals surface area contributed by atoms with Crippen molar-refractivity contribution < 1.29 is 43.2 Å². The molecule has 41 heavy (non-hydrogen) atoms. The zero-order valence-electron chi connectivity index (χ0n) is 23.6. The molecule has 0 saturated heterocycles. The van der Waals surface area contributed by atoms with Crippen LogP contribution in [-0.2, 0) is 33.3 Å². The Kier molecular flexibility index (Phi) is 11.7. The van der Waals surface area contributed by atoms with E-state index in [0.717, 1.165) is 22.3 Å². The fourth-order valence-electron chi connectivity index (χ4n) is 4.41. The number of carbonyl (C=O) groups is 4. The number of benzene rings is 2. The van der Waals surface area contributed by atoms with E-state index in [9.17, 15) is 19.2 Å². The third-order valence-electron chi connectivity index (χ3n) is 6.15. The van der Waals surface area contributed by atoms with E-state index in [1.165, 1.54) is 0 Å². The maximum Gasteiger partial charge on any atom is 0.407 e. The number of nitrogens with one attached hydrogen (secondary N) is 2. The second kappa shape index (κ2) is 15.2. The maximum absolute atomic E-state index is 12.8. The molecule has 0 radical (unpaired) electrons. The Morgan fingerprint density at radius 2 is 1.51 bits per heavy atom. The summed E-state index contributed by atoms with van der Waals surface area (Å²) in [6, 6.07) is 14.9. The molecule has 1 unspecified atom stereocenters. The first-order chi connectivity index (χ1) is 19.5. The van der Waals surface area contributed by atoms with Crippen LogP contribution in [0.4, 0.5) is 4.79 Å². The Labute approximate surface area is 239 Å².